The Bertz CT molecular complexity index is 377. The summed E-state index contributed by atoms with van der Waals surface area (Å²) < 4.78 is 0.526. The highest BCUT2D eigenvalue weighted by Gasteiger charge is 2.30. The van der Waals surface area contributed by atoms with E-state index in [4.69, 9.17) is 0 Å². The Balaban J connectivity index is 2.15. The van der Waals surface area contributed by atoms with E-state index in [1.54, 1.807) is 6.07 Å². The van der Waals surface area contributed by atoms with E-state index >= 15 is 0 Å². The fourth-order valence-corrected chi connectivity index (χ4v) is 1.39. The number of carbonyl (C=O) groups excluding carboxylic acids is 1. The maximum atomic E-state index is 11.4. The van der Waals surface area contributed by atoms with Crippen LogP contribution in [0.4, 0.5) is 5.82 Å². The first-order chi connectivity index (χ1) is 6.68. The van der Waals surface area contributed by atoms with Gasteiger partial charge in [-0.2, -0.15) is 0 Å². The molecule has 74 valence electrons. The molecule has 1 aromatic rings. The first-order valence-electron chi connectivity index (χ1n) is 4.33. The summed E-state index contributed by atoms with van der Waals surface area (Å²) in [6.45, 7) is 0. The lowest BCUT2D eigenvalue weighted by Gasteiger charge is -2.05. The minimum Gasteiger partial charge on any atom is -0.503 e. The lowest BCUT2D eigenvalue weighted by atomic mass is 10.3. The van der Waals surface area contributed by atoms with E-state index in [9.17, 15) is 9.90 Å². The molecule has 1 fully saturated rings. The summed E-state index contributed by atoms with van der Waals surface area (Å²) in [6.07, 6.45) is 3.38. The van der Waals surface area contributed by atoms with Gasteiger partial charge in [0.25, 0.3) is 0 Å². The second-order valence-electron chi connectivity index (χ2n) is 3.25. The van der Waals surface area contributed by atoms with E-state index in [0.29, 0.717) is 4.47 Å². The average molecular weight is 257 g/mol. The molecular formula is C9H9BrN2O2. The molecule has 0 atom stereocenters. The summed E-state index contributed by atoms with van der Waals surface area (Å²) in [6, 6.07) is 1.61. The molecule has 14 heavy (non-hydrogen) atoms. The molecule has 1 amide bonds. The number of halogens is 1. The summed E-state index contributed by atoms with van der Waals surface area (Å²) in [5.41, 5.74) is 0. The van der Waals surface area contributed by atoms with Crippen LogP contribution in [0.25, 0.3) is 0 Å². The number of anilines is 1. The molecule has 1 aromatic heterocycles. The Hall–Kier alpha value is -1.10. The number of pyridine rings is 1. The Morgan fingerprint density at radius 3 is 3.00 bits per heavy atom. The third-order valence-corrected chi connectivity index (χ3v) is 2.70. The molecule has 2 N–H and O–H groups in total. The Morgan fingerprint density at radius 1 is 1.64 bits per heavy atom. The number of hydrogen-bond acceptors (Lipinski definition) is 3. The van der Waals surface area contributed by atoms with E-state index in [1.165, 1.54) is 6.20 Å². The Kier molecular flexibility index (Phi) is 2.41. The predicted octanol–water partition coefficient (Wildman–Crippen LogP) is 1.90. The fraction of sp³-hybridized carbons (Fsp3) is 0.333. The number of carbonyl (C=O) groups is 1. The first-order valence-corrected chi connectivity index (χ1v) is 5.12. The summed E-state index contributed by atoms with van der Waals surface area (Å²) in [5, 5.41) is 12.1. The van der Waals surface area contributed by atoms with Gasteiger partial charge in [0.1, 0.15) is 0 Å². The standard InChI is InChI=1S/C9H9BrN2O2/c10-6-3-4-11-8(7(6)13)12-9(14)5-1-2-5/h3-5,13H,1-2H2,(H,11,12,14). The molecular weight excluding hydrogens is 248 g/mol. The van der Waals surface area contributed by atoms with Crippen LogP contribution in [0.1, 0.15) is 12.8 Å². The molecule has 0 spiro atoms. The molecule has 0 aliphatic heterocycles. The van der Waals surface area contributed by atoms with Crippen LogP contribution in [-0.4, -0.2) is 16.0 Å². The van der Waals surface area contributed by atoms with E-state index in [2.05, 4.69) is 26.2 Å². The Labute approximate surface area is 89.5 Å². The molecule has 0 bridgehead atoms. The second kappa shape index (κ2) is 3.57. The summed E-state index contributed by atoms with van der Waals surface area (Å²) in [4.78, 5) is 15.2. The van der Waals surface area contributed by atoms with Crippen LogP contribution in [-0.2, 0) is 4.79 Å². The predicted molar refractivity (Wildman–Crippen MR) is 55.0 cm³/mol. The van der Waals surface area contributed by atoms with Crippen molar-refractivity contribution in [1.29, 1.82) is 0 Å². The summed E-state index contributed by atoms with van der Waals surface area (Å²) in [5.74, 6) is 0.235. The fourth-order valence-electron chi connectivity index (χ4n) is 1.09. The van der Waals surface area contributed by atoms with Crippen molar-refractivity contribution in [2.45, 2.75) is 12.8 Å². The van der Waals surface area contributed by atoms with Gasteiger partial charge in [0.15, 0.2) is 11.6 Å². The van der Waals surface area contributed by atoms with Crippen LogP contribution >= 0.6 is 15.9 Å². The van der Waals surface area contributed by atoms with Crippen LogP contribution in [0.15, 0.2) is 16.7 Å². The maximum absolute atomic E-state index is 11.4. The van der Waals surface area contributed by atoms with Gasteiger partial charge in [-0.05, 0) is 34.8 Å². The molecule has 0 unspecified atom stereocenters. The monoisotopic (exact) mass is 256 g/mol. The van der Waals surface area contributed by atoms with E-state index < -0.39 is 0 Å². The quantitative estimate of drug-likeness (QED) is 0.850. The van der Waals surface area contributed by atoms with Crippen molar-refractivity contribution >= 4 is 27.7 Å². The van der Waals surface area contributed by atoms with Crippen LogP contribution in [0.3, 0.4) is 0 Å². The van der Waals surface area contributed by atoms with Gasteiger partial charge in [-0.15, -0.1) is 0 Å². The highest BCUT2D eigenvalue weighted by molar-refractivity contribution is 9.10. The van der Waals surface area contributed by atoms with Crippen molar-refractivity contribution in [2.75, 3.05) is 5.32 Å². The Morgan fingerprint density at radius 2 is 2.36 bits per heavy atom. The molecule has 0 saturated heterocycles. The van der Waals surface area contributed by atoms with E-state index in [0.717, 1.165) is 12.8 Å². The number of aromatic hydroxyl groups is 1. The van der Waals surface area contributed by atoms with Crippen molar-refractivity contribution < 1.29 is 9.90 Å². The van der Waals surface area contributed by atoms with E-state index in [-0.39, 0.29) is 23.4 Å². The van der Waals surface area contributed by atoms with Crippen molar-refractivity contribution in [2.24, 2.45) is 5.92 Å². The lowest BCUT2D eigenvalue weighted by molar-refractivity contribution is -0.117. The third kappa shape index (κ3) is 1.87. The van der Waals surface area contributed by atoms with Crippen LogP contribution < -0.4 is 5.32 Å². The number of nitrogens with one attached hydrogen (secondary N) is 1. The van der Waals surface area contributed by atoms with Gasteiger partial charge in [-0.3, -0.25) is 4.79 Å². The zero-order valence-corrected chi connectivity index (χ0v) is 8.91. The SMILES string of the molecule is O=C(Nc1nccc(Br)c1O)C1CC1. The molecule has 2 rings (SSSR count). The number of aromatic nitrogens is 1. The lowest BCUT2D eigenvalue weighted by Crippen LogP contribution is -2.14. The first kappa shape index (κ1) is 9.45. The number of nitrogens with zero attached hydrogens (tertiary/aromatic N) is 1. The van der Waals surface area contributed by atoms with Gasteiger partial charge < -0.3 is 10.4 Å². The van der Waals surface area contributed by atoms with Crippen molar-refractivity contribution in [1.82, 2.24) is 4.98 Å². The largest absolute Gasteiger partial charge is 0.503 e. The number of hydrogen-bond donors (Lipinski definition) is 2. The summed E-state index contributed by atoms with van der Waals surface area (Å²) >= 11 is 3.15. The molecule has 0 aromatic carbocycles. The highest BCUT2D eigenvalue weighted by atomic mass is 79.9. The number of rotatable bonds is 2. The molecule has 1 saturated carbocycles. The smallest absolute Gasteiger partial charge is 0.228 e. The second-order valence-corrected chi connectivity index (χ2v) is 4.11. The van der Waals surface area contributed by atoms with Gasteiger partial charge in [-0.25, -0.2) is 4.98 Å². The van der Waals surface area contributed by atoms with Crippen molar-refractivity contribution in [3.63, 3.8) is 0 Å². The van der Waals surface area contributed by atoms with Crippen molar-refractivity contribution in [3.05, 3.63) is 16.7 Å². The van der Waals surface area contributed by atoms with Crippen LogP contribution in [0, 0.1) is 5.92 Å². The van der Waals surface area contributed by atoms with Gasteiger partial charge >= 0.3 is 0 Å². The third-order valence-electron chi connectivity index (χ3n) is 2.06. The molecule has 4 nitrogen and oxygen atoms in total. The topological polar surface area (TPSA) is 62.2 Å². The zero-order valence-electron chi connectivity index (χ0n) is 7.33. The highest BCUT2D eigenvalue weighted by Crippen LogP contribution is 2.33. The number of amides is 1. The normalized spacial score (nSPS) is 15.2. The zero-order chi connectivity index (χ0) is 10.1. The van der Waals surface area contributed by atoms with Crippen LogP contribution in [0.2, 0.25) is 0 Å². The molecule has 1 aliphatic carbocycles. The molecule has 0 radical (unpaired) electrons. The van der Waals surface area contributed by atoms with Crippen LogP contribution in [0.5, 0.6) is 5.75 Å². The van der Waals surface area contributed by atoms with Gasteiger partial charge in [0, 0.05) is 12.1 Å². The molecule has 1 heterocycles. The average Bonchev–Trinajstić information content (AvgIpc) is 2.95. The minimum absolute atomic E-state index is 0.0264. The molecule has 5 heteroatoms. The van der Waals surface area contributed by atoms with E-state index in [1.807, 2.05) is 0 Å². The van der Waals surface area contributed by atoms with Gasteiger partial charge in [-0.1, -0.05) is 0 Å². The maximum Gasteiger partial charge on any atom is 0.228 e. The molecule has 1 aliphatic rings. The van der Waals surface area contributed by atoms with Gasteiger partial charge in [0.2, 0.25) is 5.91 Å². The summed E-state index contributed by atoms with van der Waals surface area (Å²) in [7, 11) is 0. The van der Waals surface area contributed by atoms with Gasteiger partial charge in [0.05, 0.1) is 4.47 Å². The van der Waals surface area contributed by atoms with Crippen molar-refractivity contribution in [3.8, 4) is 5.75 Å². The minimum atomic E-state index is -0.0640.